The van der Waals surface area contributed by atoms with E-state index in [9.17, 15) is 9.18 Å². The number of carbonyl (C=O) groups excluding carboxylic acids is 1. The Kier molecular flexibility index (Phi) is 4.97. The van der Waals surface area contributed by atoms with Gasteiger partial charge in [0.2, 0.25) is 5.91 Å². The maximum Gasteiger partial charge on any atom is 0.226 e. The van der Waals surface area contributed by atoms with Crippen molar-refractivity contribution >= 4 is 5.91 Å². The largest absolute Gasteiger partial charge is 0.349 e. The molecule has 1 aromatic rings. The first-order valence-electron chi connectivity index (χ1n) is 5.23. The Morgan fingerprint density at radius 3 is 2.71 bits per heavy atom. The van der Waals surface area contributed by atoms with Crippen molar-refractivity contribution < 1.29 is 9.18 Å². The standard InChI is InChI=1S/C11H13FN4O/c1-2-10(15-11(17)7-14-16-13)8-3-5-9(12)6-4-8/h3-6,10H,2,7H2,1H3,(H,15,17)/t10-/m0/s1. The first-order valence-corrected chi connectivity index (χ1v) is 5.23. The minimum atomic E-state index is -0.348. The summed E-state index contributed by atoms with van der Waals surface area (Å²) in [5, 5.41) is 5.89. The van der Waals surface area contributed by atoms with Crippen LogP contribution in [0.3, 0.4) is 0 Å². The smallest absolute Gasteiger partial charge is 0.226 e. The summed E-state index contributed by atoms with van der Waals surface area (Å²) in [6.45, 7) is 1.68. The lowest BCUT2D eigenvalue weighted by Gasteiger charge is -2.16. The fourth-order valence-electron chi connectivity index (χ4n) is 1.45. The van der Waals surface area contributed by atoms with Crippen LogP contribution in [0.5, 0.6) is 0 Å². The SMILES string of the molecule is CC[C@H](NC(=O)CN=[N+]=[N-])c1ccc(F)cc1. The first kappa shape index (κ1) is 13.0. The fourth-order valence-corrected chi connectivity index (χ4v) is 1.45. The van der Waals surface area contributed by atoms with E-state index in [4.69, 9.17) is 5.53 Å². The third-order valence-electron chi connectivity index (χ3n) is 2.29. The monoisotopic (exact) mass is 236 g/mol. The van der Waals surface area contributed by atoms with Crippen molar-refractivity contribution in [1.29, 1.82) is 0 Å². The van der Waals surface area contributed by atoms with Gasteiger partial charge >= 0.3 is 0 Å². The van der Waals surface area contributed by atoms with Crippen molar-refractivity contribution in [3.63, 3.8) is 0 Å². The third-order valence-corrected chi connectivity index (χ3v) is 2.29. The van der Waals surface area contributed by atoms with Crippen LogP contribution in [-0.2, 0) is 4.79 Å². The highest BCUT2D eigenvalue weighted by Gasteiger charge is 2.11. The highest BCUT2D eigenvalue weighted by molar-refractivity contribution is 5.78. The van der Waals surface area contributed by atoms with Crippen molar-refractivity contribution in [1.82, 2.24) is 5.32 Å². The number of benzene rings is 1. The van der Waals surface area contributed by atoms with E-state index >= 15 is 0 Å². The maximum absolute atomic E-state index is 12.7. The summed E-state index contributed by atoms with van der Waals surface area (Å²) in [5.74, 6) is -0.664. The van der Waals surface area contributed by atoms with E-state index in [0.29, 0.717) is 6.42 Å². The lowest BCUT2D eigenvalue weighted by molar-refractivity contribution is -0.120. The summed E-state index contributed by atoms with van der Waals surface area (Å²) in [6.07, 6.45) is 0.674. The van der Waals surface area contributed by atoms with Crippen molar-refractivity contribution in [3.8, 4) is 0 Å². The lowest BCUT2D eigenvalue weighted by Crippen LogP contribution is -2.29. The van der Waals surface area contributed by atoms with E-state index in [1.54, 1.807) is 12.1 Å². The van der Waals surface area contributed by atoms with Crippen LogP contribution < -0.4 is 5.32 Å². The Balaban J connectivity index is 2.68. The number of hydrogen-bond acceptors (Lipinski definition) is 2. The summed E-state index contributed by atoms with van der Waals surface area (Å²) in [7, 11) is 0. The van der Waals surface area contributed by atoms with Gasteiger partial charge in [0.15, 0.2) is 0 Å². The summed E-state index contributed by atoms with van der Waals surface area (Å²) in [4.78, 5) is 13.9. The van der Waals surface area contributed by atoms with E-state index in [-0.39, 0.29) is 24.3 Å². The van der Waals surface area contributed by atoms with Gasteiger partial charge in [-0.05, 0) is 29.6 Å². The molecule has 0 saturated heterocycles. The molecule has 0 heterocycles. The maximum atomic E-state index is 12.7. The number of hydrogen-bond donors (Lipinski definition) is 1. The molecule has 1 N–H and O–H groups in total. The van der Waals surface area contributed by atoms with Gasteiger partial charge in [-0.3, -0.25) is 4.79 Å². The molecule has 0 aliphatic rings. The Morgan fingerprint density at radius 2 is 2.18 bits per heavy atom. The Hall–Kier alpha value is -2.07. The lowest BCUT2D eigenvalue weighted by atomic mass is 10.0. The molecule has 0 bridgehead atoms. The normalized spacial score (nSPS) is 11.4. The molecule has 0 unspecified atom stereocenters. The van der Waals surface area contributed by atoms with Crippen LogP contribution in [0.2, 0.25) is 0 Å². The predicted molar refractivity (Wildman–Crippen MR) is 61.6 cm³/mol. The molecule has 0 aliphatic heterocycles. The number of amides is 1. The molecule has 1 atom stereocenters. The zero-order valence-corrected chi connectivity index (χ0v) is 9.43. The van der Waals surface area contributed by atoms with Gasteiger partial charge in [0, 0.05) is 4.91 Å². The predicted octanol–water partition coefficient (Wildman–Crippen LogP) is 2.70. The molecule has 6 heteroatoms. The molecule has 1 rings (SSSR count). The van der Waals surface area contributed by atoms with Gasteiger partial charge in [-0.15, -0.1) is 0 Å². The molecule has 0 fully saturated rings. The molecule has 0 aromatic heterocycles. The van der Waals surface area contributed by atoms with Crippen molar-refractivity contribution in [2.45, 2.75) is 19.4 Å². The van der Waals surface area contributed by atoms with E-state index in [1.165, 1.54) is 12.1 Å². The topological polar surface area (TPSA) is 77.9 Å². The third kappa shape index (κ3) is 4.12. The minimum Gasteiger partial charge on any atom is -0.349 e. The average Bonchev–Trinajstić information content (AvgIpc) is 2.34. The number of nitrogens with zero attached hydrogens (tertiary/aromatic N) is 3. The van der Waals surface area contributed by atoms with Crippen LogP contribution in [0.4, 0.5) is 4.39 Å². The number of carbonyl (C=O) groups is 1. The van der Waals surface area contributed by atoms with Gasteiger partial charge in [-0.25, -0.2) is 4.39 Å². The molecule has 0 radical (unpaired) electrons. The van der Waals surface area contributed by atoms with Gasteiger partial charge < -0.3 is 5.32 Å². The number of rotatable bonds is 5. The summed E-state index contributed by atoms with van der Waals surface area (Å²) in [6, 6.07) is 5.74. The van der Waals surface area contributed by atoms with Crippen LogP contribution in [0.15, 0.2) is 29.4 Å². The number of nitrogens with one attached hydrogen (secondary N) is 1. The molecule has 5 nitrogen and oxygen atoms in total. The molecule has 0 aliphatic carbocycles. The second-order valence-corrected chi connectivity index (χ2v) is 3.47. The summed E-state index contributed by atoms with van der Waals surface area (Å²) < 4.78 is 12.7. The summed E-state index contributed by atoms with van der Waals surface area (Å²) in [5.41, 5.74) is 8.91. The Morgan fingerprint density at radius 1 is 1.53 bits per heavy atom. The van der Waals surface area contributed by atoms with Crippen LogP contribution in [0, 0.1) is 5.82 Å². The Bertz CT molecular complexity index is 426. The quantitative estimate of drug-likeness (QED) is 0.476. The van der Waals surface area contributed by atoms with Gasteiger partial charge in [0.05, 0.1) is 6.04 Å². The molecule has 17 heavy (non-hydrogen) atoms. The van der Waals surface area contributed by atoms with Gasteiger partial charge in [0.1, 0.15) is 12.4 Å². The minimum absolute atomic E-state index is 0.197. The molecular weight excluding hydrogens is 223 g/mol. The van der Waals surface area contributed by atoms with Gasteiger partial charge in [0.25, 0.3) is 0 Å². The summed E-state index contributed by atoms with van der Waals surface area (Å²) >= 11 is 0. The highest BCUT2D eigenvalue weighted by Crippen LogP contribution is 2.16. The van der Waals surface area contributed by atoms with E-state index in [0.717, 1.165) is 5.56 Å². The second kappa shape index (κ2) is 6.50. The van der Waals surface area contributed by atoms with Crippen LogP contribution in [0.1, 0.15) is 24.9 Å². The van der Waals surface area contributed by atoms with E-state index in [2.05, 4.69) is 15.3 Å². The molecular formula is C11H13FN4O. The first-order chi connectivity index (χ1) is 8.17. The average molecular weight is 236 g/mol. The van der Waals surface area contributed by atoms with Gasteiger partial charge in [-0.1, -0.05) is 24.2 Å². The van der Waals surface area contributed by atoms with Gasteiger partial charge in [-0.2, -0.15) is 0 Å². The second-order valence-electron chi connectivity index (χ2n) is 3.47. The Labute approximate surface area is 98.3 Å². The highest BCUT2D eigenvalue weighted by atomic mass is 19.1. The molecule has 1 amide bonds. The molecule has 1 aromatic carbocycles. The number of halogens is 1. The molecule has 90 valence electrons. The van der Waals surface area contributed by atoms with Crippen LogP contribution >= 0.6 is 0 Å². The van der Waals surface area contributed by atoms with Crippen molar-refractivity contribution in [2.75, 3.05) is 6.54 Å². The van der Waals surface area contributed by atoms with E-state index < -0.39 is 0 Å². The molecule has 0 spiro atoms. The zero-order chi connectivity index (χ0) is 12.7. The van der Waals surface area contributed by atoms with Crippen LogP contribution in [0.25, 0.3) is 10.4 Å². The van der Waals surface area contributed by atoms with Crippen molar-refractivity contribution in [3.05, 3.63) is 46.1 Å². The molecule has 0 saturated carbocycles. The fraction of sp³-hybridized carbons (Fsp3) is 0.364. The van der Waals surface area contributed by atoms with Crippen molar-refractivity contribution in [2.24, 2.45) is 5.11 Å². The van der Waals surface area contributed by atoms with E-state index in [1.807, 2.05) is 6.92 Å². The number of azide groups is 1. The van der Waals surface area contributed by atoms with Crippen LogP contribution in [-0.4, -0.2) is 12.5 Å². The zero-order valence-electron chi connectivity index (χ0n) is 9.43.